The molecule has 0 unspecified atom stereocenters. The average molecular weight is 404 g/mol. The van der Waals surface area contributed by atoms with Gasteiger partial charge < -0.3 is 15.4 Å². The monoisotopic (exact) mass is 404 g/mol. The maximum Gasteiger partial charge on any atom is 0.237 e. The smallest absolute Gasteiger partial charge is 0.237 e. The van der Waals surface area contributed by atoms with E-state index >= 15 is 0 Å². The molecule has 27 heavy (non-hydrogen) atoms. The van der Waals surface area contributed by atoms with Crippen molar-refractivity contribution < 1.29 is 13.9 Å². The highest BCUT2D eigenvalue weighted by Gasteiger charge is 2.17. The predicted octanol–water partition coefficient (Wildman–Crippen LogP) is 4.55. The number of halogens is 1. The third-order valence-electron chi connectivity index (χ3n) is 3.51. The Kier molecular flexibility index (Phi) is 6.25. The van der Waals surface area contributed by atoms with Crippen LogP contribution in [-0.2, 0) is 4.79 Å². The fourth-order valence-corrected chi connectivity index (χ4v) is 4.00. The average Bonchev–Trinajstić information content (AvgIpc) is 3.11. The van der Waals surface area contributed by atoms with Gasteiger partial charge in [-0.05, 0) is 55.5 Å². The summed E-state index contributed by atoms with van der Waals surface area (Å²) in [5.74, 6) is 0.239. The molecule has 3 aromatic rings. The van der Waals surface area contributed by atoms with Gasteiger partial charge in [0.25, 0.3) is 0 Å². The van der Waals surface area contributed by atoms with Gasteiger partial charge in [-0.1, -0.05) is 23.1 Å². The van der Waals surface area contributed by atoms with Crippen molar-refractivity contribution in [1.29, 1.82) is 0 Å². The zero-order chi connectivity index (χ0) is 19.2. The molecule has 2 aromatic carbocycles. The Bertz CT molecular complexity index is 900. The molecule has 0 radical (unpaired) electrons. The summed E-state index contributed by atoms with van der Waals surface area (Å²) in [4.78, 5) is 12.3. The summed E-state index contributed by atoms with van der Waals surface area (Å²) in [6.07, 6.45) is 0. The summed E-state index contributed by atoms with van der Waals surface area (Å²) < 4.78 is 18.7. The van der Waals surface area contributed by atoms with Crippen LogP contribution in [0.4, 0.5) is 20.9 Å². The zero-order valence-corrected chi connectivity index (χ0v) is 16.2. The lowest BCUT2D eigenvalue weighted by atomic mass is 10.3. The highest BCUT2D eigenvalue weighted by molar-refractivity contribution is 8.02. The van der Waals surface area contributed by atoms with E-state index in [1.807, 2.05) is 24.3 Å². The molecule has 9 heteroatoms. The van der Waals surface area contributed by atoms with E-state index in [0.29, 0.717) is 15.2 Å². The van der Waals surface area contributed by atoms with E-state index in [-0.39, 0.29) is 17.0 Å². The number of thioether (sulfide) groups is 1. The lowest BCUT2D eigenvalue weighted by molar-refractivity contribution is -0.115. The van der Waals surface area contributed by atoms with Crippen LogP contribution in [0.3, 0.4) is 0 Å². The van der Waals surface area contributed by atoms with Crippen LogP contribution in [0.1, 0.15) is 6.92 Å². The van der Waals surface area contributed by atoms with Gasteiger partial charge in [0.05, 0.1) is 12.4 Å². The Morgan fingerprint density at radius 2 is 1.78 bits per heavy atom. The first-order valence-corrected chi connectivity index (χ1v) is 9.71. The minimum atomic E-state index is -0.378. The number of rotatable bonds is 7. The van der Waals surface area contributed by atoms with Crippen LogP contribution in [0.5, 0.6) is 5.75 Å². The number of hydrogen-bond donors (Lipinski definition) is 2. The van der Waals surface area contributed by atoms with E-state index in [0.717, 1.165) is 11.4 Å². The van der Waals surface area contributed by atoms with E-state index in [2.05, 4.69) is 20.8 Å². The zero-order valence-electron chi connectivity index (χ0n) is 14.6. The second-order valence-electron chi connectivity index (χ2n) is 5.48. The van der Waals surface area contributed by atoms with Crippen LogP contribution >= 0.6 is 23.1 Å². The first-order valence-electron chi connectivity index (χ1n) is 8.01. The third-order valence-corrected chi connectivity index (χ3v) is 5.53. The molecule has 140 valence electrons. The van der Waals surface area contributed by atoms with Gasteiger partial charge in [0.15, 0.2) is 4.34 Å². The first-order chi connectivity index (χ1) is 13.0. The van der Waals surface area contributed by atoms with Crippen molar-refractivity contribution in [1.82, 2.24) is 10.2 Å². The number of aromatic nitrogens is 2. The van der Waals surface area contributed by atoms with Crippen LogP contribution in [0, 0.1) is 5.82 Å². The van der Waals surface area contributed by atoms with E-state index in [1.54, 1.807) is 14.0 Å². The molecule has 1 aromatic heterocycles. The molecule has 3 rings (SSSR count). The summed E-state index contributed by atoms with van der Waals surface area (Å²) in [6.45, 7) is 1.78. The van der Waals surface area contributed by atoms with Crippen LogP contribution in [-0.4, -0.2) is 28.5 Å². The minimum Gasteiger partial charge on any atom is -0.497 e. The summed E-state index contributed by atoms with van der Waals surface area (Å²) >= 11 is 2.67. The summed E-state index contributed by atoms with van der Waals surface area (Å²) in [7, 11) is 1.62. The summed E-state index contributed by atoms with van der Waals surface area (Å²) in [5.41, 5.74) is 1.42. The van der Waals surface area contributed by atoms with Crippen LogP contribution in [0.2, 0.25) is 0 Å². The molecule has 0 bridgehead atoms. The molecule has 0 aliphatic rings. The fraction of sp³-hybridized carbons (Fsp3) is 0.167. The molecule has 0 aliphatic heterocycles. The number of benzene rings is 2. The number of methoxy groups -OCH3 is 1. The van der Waals surface area contributed by atoms with Crippen molar-refractivity contribution in [2.75, 3.05) is 17.7 Å². The molecule has 1 amide bonds. The highest BCUT2D eigenvalue weighted by atomic mass is 32.2. The Morgan fingerprint density at radius 3 is 2.44 bits per heavy atom. The Morgan fingerprint density at radius 1 is 1.11 bits per heavy atom. The third kappa shape index (κ3) is 5.41. The molecule has 1 heterocycles. The number of hydrogen-bond acceptors (Lipinski definition) is 7. The van der Waals surface area contributed by atoms with Gasteiger partial charge in [0, 0.05) is 11.4 Å². The number of carbonyl (C=O) groups excluding carboxylic acids is 1. The van der Waals surface area contributed by atoms with Crippen molar-refractivity contribution in [3.63, 3.8) is 0 Å². The molecule has 0 saturated heterocycles. The molecule has 2 N–H and O–H groups in total. The fourth-order valence-electron chi connectivity index (χ4n) is 2.09. The molecule has 0 fully saturated rings. The minimum absolute atomic E-state index is 0.188. The highest BCUT2D eigenvalue weighted by Crippen LogP contribution is 2.31. The van der Waals surface area contributed by atoms with Crippen LogP contribution < -0.4 is 15.4 Å². The van der Waals surface area contributed by atoms with Gasteiger partial charge >= 0.3 is 0 Å². The molecule has 0 spiro atoms. The summed E-state index contributed by atoms with van der Waals surface area (Å²) in [5, 5.41) is 14.4. The van der Waals surface area contributed by atoms with E-state index < -0.39 is 0 Å². The van der Waals surface area contributed by atoms with Crippen LogP contribution in [0.15, 0.2) is 52.9 Å². The number of anilines is 3. The Labute approximate surface area is 164 Å². The SMILES string of the molecule is COc1ccc(Nc2nnc(S[C@@H](C)C(=O)Nc3ccc(F)cc3)s2)cc1. The van der Waals surface area contributed by atoms with Crippen molar-refractivity contribution in [3.8, 4) is 5.75 Å². The van der Waals surface area contributed by atoms with Crippen LogP contribution in [0.25, 0.3) is 0 Å². The standard InChI is InChI=1S/C18H17FN4O2S2/c1-11(16(24)20-13-5-3-12(19)4-6-13)26-18-23-22-17(27-18)21-14-7-9-15(25-2)10-8-14/h3-11H,1-2H3,(H,20,24)(H,21,22)/t11-/m0/s1. The van der Waals surface area contributed by atoms with Crippen molar-refractivity contribution >= 4 is 45.5 Å². The lowest BCUT2D eigenvalue weighted by Crippen LogP contribution is -2.22. The molecule has 0 saturated carbocycles. The topological polar surface area (TPSA) is 76.1 Å². The number of ether oxygens (including phenoxy) is 1. The van der Waals surface area contributed by atoms with Gasteiger partial charge in [0.1, 0.15) is 11.6 Å². The second-order valence-corrected chi connectivity index (χ2v) is 8.05. The second kappa shape index (κ2) is 8.83. The first kappa shape index (κ1) is 19.1. The predicted molar refractivity (Wildman–Crippen MR) is 107 cm³/mol. The summed E-state index contributed by atoms with van der Waals surface area (Å²) in [6, 6.07) is 13.1. The maximum atomic E-state index is 12.9. The van der Waals surface area contributed by atoms with E-state index in [1.165, 1.54) is 47.4 Å². The molecular formula is C18H17FN4O2S2. The Balaban J connectivity index is 1.55. The van der Waals surface area contributed by atoms with Crippen molar-refractivity contribution in [2.45, 2.75) is 16.5 Å². The number of carbonyl (C=O) groups is 1. The van der Waals surface area contributed by atoms with Gasteiger partial charge in [0.2, 0.25) is 11.0 Å². The lowest BCUT2D eigenvalue weighted by Gasteiger charge is -2.10. The van der Waals surface area contributed by atoms with Gasteiger partial charge in [-0.3, -0.25) is 4.79 Å². The normalized spacial score (nSPS) is 11.7. The van der Waals surface area contributed by atoms with Gasteiger partial charge in [-0.2, -0.15) is 0 Å². The van der Waals surface area contributed by atoms with E-state index in [9.17, 15) is 9.18 Å². The maximum absolute atomic E-state index is 12.9. The molecule has 0 aliphatic carbocycles. The molecular weight excluding hydrogens is 387 g/mol. The molecule has 6 nitrogen and oxygen atoms in total. The Hall–Kier alpha value is -2.65. The number of amides is 1. The van der Waals surface area contributed by atoms with Crippen molar-refractivity contribution in [2.24, 2.45) is 0 Å². The van der Waals surface area contributed by atoms with Crippen molar-refractivity contribution in [3.05, 3.63) is 54.3 Å². The quantitative estimate of drug-likeness (QED) is 0.563. The van der Waals surface area contributed by atoms with E-state index in [4.69, 9.17) is 4.74 Å². The number of nitrogens with zero attached hydrogens (tertiary/aromatic N) is 2. The molecule has 1 atom stereocenters. The van der Waals surface area contributed by atoms with Gasteiger partial charge in [-0.25, -0.2) is 4.39 Å². The largest absolute Gasteiger partial charge is 0.497 e. The van der Waals surface area contributed by atoms with Gasteiger partial charge in [-0.15, -0.1) is 10.2 Å². The number of nitrogens with one attached hydrogen (secondary N) is 2.